The molecule has 1 aromatic rings. The van der Waals surface area contributed by atoms with Crippen LogP contribution >= 0.6 is 0 Å². The lowest BCUT2D eigenvalue weighted by atomic mass is 10.1. The van der Waals surface area contributed by atoms with Crippen molar-refractivity contribution in [3.8, 4) is 0 Å². The molecule has 0 aliphatic rings. The second-order valence-electron chi connectivity index (χ2n) is 3.67. The zero-order valence-electron chi connectivity index (χ0n) is 9.62. The minimum atomic E-state index is -5.73. The number of benzene rings is 1. The van der Waals surface area contributed by atoms with Gasteiger partial charge >= 0.3 is 21.8 Å². The average Bonchev–Trinajstić information content (AvgIpc) is 2.26. The summed E-state index contributed by atoms with van der Waals surface area (Å²) in [6.07, 6.45) is -4.99. The summed E-state index contributed by atoms with van der Waals surface area (Å²) in [5.74, 6) is 0. The van der Waals surface area contributed by atoms with Crippen LogP contribution in [0.1, 0.15) is 11.1 Å². The molecule has 0 saturated heterocycles. The zero-order valence-corrected chi connectivity index (χ0v) is 10.4. The Labute approximate surface area is 110 Å². The van der Waals surface area contributed by atoms with Crippen molar-refractivity contribution < 1.29 is 38.9 Å². The van der Waals surface area contributed by atoms with Gasteiger partial charge in [0.05, 0.1) is 12.2 Å². The largest absolute Gasteiger partial charge is 0.523 e. The molecule has 0 spiro atoms. The standard InChI is InChI=1S/C10H8F6O3S/c11-9(12,13)8-3-1-2-7(6-8)4-5-19-20(17,18)10(14,15)16/h1-3,6H,4-5H2. The minimum absolute atomic E-state index is 0.0113. The first-order valence-corrected chi connectivity index (χ1v) is 6.46. The lowest BCUT2D eigenvalue weighted by Gasteiger charge is -2.10. The molecular weight excluding hydrogens is 314 g/mol. The Bertz CT molecular complexity index is 561. The van der Waals surface area contributed by atoms with Gasteiger partial charge in [0.1, 0.15) is 0 Å². The van der Waals surface area contributed by atoms with E-state index in [4.69, 9.17) is 0 Å². The molecule has 0 heterocycles. The van der Waals surface area contributed by atoms with E-state index in [0.717, 1.165) is 12.1 Å². The summed E-state index contributed by atoms with van der Waals surface area (Å²) in [4.78, 5) is 0. The predicted molar refractivity (Wildman–Crippen MR) is 56.1 cm³/mol. The Hall–Kier alpha value is -1.29. The normalized spacial score (nSPS) is 13.5. The monoisotopic (exact) mass is 322 g/mol. The number of halogens is 6. The number of alkyl halides is 6. The summed E-state index contributed by atoms with van der Waals surface area (Å²) in [5.41, 5.74) is -6.52. The third kappa shape index (κ3) is 4.37. The molecule has 114 valence electrons. The maximum atomic E-state index is 12.4. The van der Waals surface area contributed by atoms with Gasteiger partial charge in [-0.25, -0.2) is 0 Å². The highest BCUT2D eigenvalue weighted by molar-refractivity contribution is 7.87. The van der Waals surface area contributed by atoms with Gasteiger partial charge in [0.15, 0.2) is 0 Å². The fraction of sp³-hybridized carbons (Fsp3) is 0.400. The molecule has 0 radical (unpaired) electrons. The van der Waals surface area contributed by atoms with Gasteiger partial charge in [0, 0.05) is 0 Å². The van der Waals surface area contributed by atoms with Gasteiger partial charge in [-0.05, 0) is 18.1 Å². The number of rotatable bonds is 4. The van der Waals surface area contributed by atoms with Gasteiger partial charge < -0.3 is 0 Å². The van der Waals surface area contributed by atoms with Crippen LogP contribution in [0, 0.1) is 0 Å². The molecule has 0 N–H and O–H groups in total. The number of hydrogen-bond acceptors (Lipinski definition) is 3. The van der Waals surface area contributed by atoms with Gasteiger partial charge in [-0.2, -0.15) is 34.8 Å². The van der Waals surface area contributed by atoms with Crippen LogP contribution in [0.4, 0.5) is 26.3 Å². The van der Waals surface area contributed by atoms with Crippen LogP contribution in [0.5, 0.6) is 0 Å². The first-order valence-electron chi connectivity index (χ1n) is 5.05. The van der Waals surface area contributed by atoms with E-state index in [1.54, 1.807) is 0 Å². The summed E-state index contributed by atoms with van der Waals surface area (Å²) in [6, 6.07) is 3.79. The van der Waals surface area contributed by atoms with E-state index in [-0.39, 0.29) is 5.56 Å². The maximum absolute atomic E-state index is 12.4. The van der Waals surface area contributed by atoms with Gasteiger partial charge in [-0.3, -0.25) is 4.18 Å². The Balaban J connectivity index is 2.69. The first-order chi connectivity index (χ1) is 8.93. The summed E-state index contributed by atoms with van der Waals surface area (Å²) in [5, 5.41) is 0. The van der Waals surface area contributed by atoms with E-state index >= 15 is 0 Å². The Morgan fingerprint density at radius 3 is 2.15 bits per heavy atom. The smallest absolute Gasteiger partial charge is 0.263 e. The fourth-order valence-corrected chi connectivity index (χ4v) is 1.68. The van der Waals surface area contributed by atoms with Crippen molar-refractivity contribution in [2.75, 3.05) is 6.61 Å². The van der Waals surface area contributed by atoms with E-state index in [9.17, 15) is 34.8 Å². The van der Waals surface area contributed by atoms with Crippen molar-refractivity contribution in [3.63, 3.8) is 0 Å². The SMILES string of the molecule is O=S(=O)(OCCc1cccc(C(F)(F)F)c1)C(F)(F)F. The van der Waals surface area contributed by atoms with Gasteiger partial charge in [-0.1, -0.05) is 18.2 Å². The van der Waals surface area contributed by atoms with E-state index in [0.29, 0.717) is 6.07 Å². The molecule has 1 aromatic carbocycles. The van der Waals surface area contributed by atoms with Gasteiger partial charge in [-0.15, -0.1) is 0 Å². The molecule has 0 bridgehead atoms. The van der Waals surface area contributed by atoms with Crippen molar-refractivity contribution >= 4 is 10.1 Å². The Morgan fingerprint density at radius 1 is 1.05 bits per heavy atom. The lowest BCUT2D eigenvalue weighted by molar-refractivity contribution is -0.137. The summed E-state index contributed by atoms with van der Waals surface area (Å²) in [6.45, 7) is -0.900. The topological polar surface area (TPSA) is 43.4 Å². The van der Waals surface area contributed by atoms with Crippen LogP contribution in [0.2, 0.25) is 0 Å². The molecule has 10 heteroatoms. The first kappa shape index (κ1) is 16.8. The quantitative estimate of drug-likeness (QED) is 0.486. The van der Waals surface area contributed by atoms with Crippen LogP contribution in [0.25, 0.3) is 0 Å². The molecule has 0 aliphatic heterocycles. The molecule has 0 saturated carbocycles. The fourth-order valence-electron chi connectivity index (χ4n) is 1.24. The average molecular weight is 322 g/mol. The molecule has 3 nitrogen and oxygen atoms in total. The summed E-state index contributed by atoms with van der Waals surface area (Å²) >= 11 is 0. The zero-order chi connectivity index (χ0) is 15.6. The molecule has 20 heavy (non-hydrogen) atoms. The molecule has 0 atom stereocenters. The molecule has 0 fully saturated rings. The van der Waals surface area contributed by atoms with Gasteiger partial charge in [0.2, 0.25) is 0 Å². The van der Waals surface area contributed by atoms with E-state index in [1.165, 1.54) is 6.07 Å². The van der Waals surface area contributed by atoms with Gasteiger partial charge in [0.25, 0.3) is 0 Å². The third-order valence-corrected chi connectivity index (χ3v) is 3.21. The summed E-state index contributed by atoms with van der Waals surface area (Å²) in [7, 11) is -5.73. The predicted octanol–water partition coefficient (Wildman–Crippen LogP) is 3.11. The molecular formula is C10H8F6O3S. The van der Waals surface area contributed by atoms with Crippen LogP contribution in [-0.2, 0) is 26.9 Å². The highest BCUT2D eigenvalue weighted by atomic mass is 32.2. The van der Waals surface area contributed by atoms with E-state index < -0.39 is 40.4 Å². The van der Waals surface area contributed by atoms with Crippen LogP contribution in [0.3, 0.4) is 0 Å². The highest BCUT2D eigenvalue weighted by Gasteiger charge is 2.47. The Morgan fingerprint density at radius 2 is 1.65 bits per heavy atom. The van der Waals surface area contributed by atoms with E-state index in [2.05, 4.69) is 4.18 Å². The molecule has 1 rings (SSSR count). The highest BCUT2D eigenvalue weighted by Crippen LogP contribution is 2.30. The van der Waals surface area contributed by atoms with Crippen molar-refractivity contribution in [1.82, 2.24) is 0 Å². The minimum Gasteiger partial charge on any atom is -0.263 e. The van der Waals surface area contributed by atoms with Crippen LogP contribution in [0.15, 0.2) is 24.3 Å². The lowest BCUT2D eigenvalue weighted by Crippen LogP contribution is -2.26. The molecule has 0 unspecified atom stereocenters. The third-order valence-electron chi connectivity index (χ3n) is 2.17. The second-order valence-corrected chi connectivity index (χ2v) is 5.28. The van der Waals surface area contributed by atoms with Crippen molar-refractivity contribution in [1.29, 1.82) is 0 Å². The maximum Gasteiger partial charge on any atom is 0.523 e. The van der Waals surface area contributed by atoms with Crippen molar-refractivity contribution in [3.05, 3.63) is 35.4 Å². The van der Waals surface area contributed by atoms with E-state index in [1.807, 2.05) is 0 Å². The summed E-state index contributed by atoms with van der Waals surface area (Å²) < 4.78 is 97.6. The van der Waals surface area contributed by atoms with Crippen molar-refractivity contribution in [2.45, 2.75) is 18.1 Å². The van der Waals surface area contributed by atoms with Crippen LogP contribution < -0.4 is 0 Å². The second kappa shape index (κ2) is 5.60. The van der Waals surface area contributed by atoms with Crippen LogP contribution in [-0.4, -0.2) is 20.5 Å². The molecule has 0 amide bonds. The van der Waals surface area contributed by atoms with Crippen molar-refractivity contribution in [2.24, 2.45) is 0 Å². The number of hydrogen-bond donors (Lipinski definition) is 0. The molecule has 0 aliphatic carbocycles. The molecule has 0 aromatic heterocycles. The Kier molecular flexibility index (Phi) is 4.70.